The molecule has 0 aliphatic rings. The minimum atomic E-state index is 0.0214. The molecular formula is C12H17NO. The zero-order chi connectivity index (χ0) is 10.7. The van der Waals surface area contributed by atoms with E-state index in [-0.39, 0.29) is 5.91 Å². The topological polar surface area (TPSA) is 29.1 Å². The highest BCUT2D eigenvalue weighted by atomic mass is 16.1. The van der Waals surface area contributed by atoms with Crippen LogP contribution in [0.15, 0.2) is 12.1 Å². The fourth-order valence-electron chi connectivity index (χ4n) is 1.46. The van der Waals surface area contributed by atoms with Gasteiger partial charge in [-0.1, -0.05) is 6.07 Å². The van der Waals surface area contributed by atoms with Crippen LogP contribution in [0, 0.1) is 20.8 Å². The van der Waals surface area contributed by atoms with Gasteiger partial charge in [0.25, 0.3) is 5.91 Å². The number of nitrogens with one attached hydrogen (secondary N) is 1. The number of amides is 1. The first-order chi connectivity index (χ1) is 6.56. The van der Waals surface area contributed by atoms with Crippen LogP contribution < -0.4 is 5.32 Å². The molecule has 0 saturated heterocycles. The third-order valence-electron chi connectivity index (χ3n) is 2.42. The first kappa shape index (κ1) is 10.8. The lowest BCUT2D eigenvalue weighted by atomic mass is 10.0. The van der Waals surface area contributed by atoms with Crippen molar-refractivity contribution in [2.24, 2.45) is 0 Å². The molecule has 0 heterocycles. The maximum atomic E-state index is 11.6. The fourth-order valence-corrected chi connectivity index (χ4v) is 1.46. The maximum Gasteiger partial charge on any atom is 0.251 e. The van der Waals surface area contributed by atoms with Crippen LogP contribution >= 0.6 is 0 Å². The Morgan fingerprint density at radius 1 is 1.14 bits per heavy atom. The average molecular weight is 191 g/mol. The van der Waals surface area contributed by atoms with E-state index in [2.05, 4.69) is 18.3 Å². The lowest BCUT2D eigenvalue weighted by Gasteiger charge is -2.09. The van der Waals surface area contributed by atoms with Crippen molar-refractivity contribution in [1.82, 2.24) is 5.32 Å². The third kappa shape index (κ3) is 2.13. The second kappa shape index (κ2) is 4.27. The molecule has 1 aromatic carbocycles. The van der Waals surface area contributed by atoms with Crippen molar-refractivity contribution < 1.29 is 4.79 Å². The highest BCUT2D eigenvalue weighted by Crippen LogP contribution is 2.14. The predicted octanol–water partition coefficient (Wildman–Crippen LogP) is 2.36. The van der Waals surface area contributed by atoms with Crippen molar-refractivity contribution in [1.29, 1.82) is 0 Å². The van der Waals surface area contributed by atoms with E-state index in [0.717, 1.165) is 16.7 Å². The molecular weight excluding hydrogens is 174 g/mol. The van der Waals surface area contributed by atoms with Gasteiger partial charge in [-0.15, -0.1) is 0 Å². The first-order valence-corrected chi connectivity index (χ1v) is 4.92. The summed E-state index contributed by atoms with van der Waals surface area (Å²) >= 11 is 0. The quantitative estimate of drug-likeness (QED) is 0.764. The lowest BCUT2D eigenvalue weighted by molar-refractivity contribution is 0.0955. The van der Waals surface area contributed by atoms with E-state index < -0.39 is 0 Å². The van der Waals surface area contributed by atoms with Crippen LogP contribution in [0.2, 0.25) is 0 Å². The first-order valence-electron chi connectivity index (χ1n) is 4.92. The summed E-state index contributed by atoms with van der Waals surface area (Å²) in [4.78, 5) is 11.6. The number of benzene rings is 1. The van der Waals surface area contributed by atoms with Gasteiger partial charge in [-0.25, -0.2) is 0 Å². The second-order valence-electron chi connectivity index (χ2n) is 3.61. The van der Waals surface area contributed by atoms with Crippen molar-refractivity contribution in [2.75, 3.05) is 6.54 Å². The van der Waals surface area contributed by atoms with E-state index in [1.165, 1.54) is 5.56 Å². The molecule has 0 atom stereocenters. The Kier molecular flexibility index (Phi) is 3.28. The van der Waals surface area contributed by atoms with Crippen LogP contribution in [0.5, 0.6) is 0 Å². The summed E-state index contributed by atoms with van der Waals surface area (Å²) in [6, 6.07) is 4.01. The van der Waals surface area contributed by atoms with E-state index in [0.29, 0.717) is 6.54 Å². The molecule has 76 valence electrons. The number of hydrogen-bond donors (Lipinski definition) is 1. The van der Waals surface area contributed by atoms with Crippen molar-refractivity contribution in [2.45, 2.75) is 27.7 Å². The second-order valence-corrected chi connectivity index (χ2v) is 3.61. The van der Waals surface area contributed by atoms with Crippen LogP contribution in [-0.2, 0) is 0 Å². The normalized spacial score (nSPS) is 10.0. The summed E-state index contributed by atoms with van der Waals surface area (Å²) in [6.45, 7) is 8.65. The van der Waals surface area contributed by atoms with Crippen molar-refractivity contribution in [3.05, 3.63) is 34.4 Å². The highest BCUT2D eigenvalue weighted by Gasteiger charge is 2.08. The van der Waals surface area contributed by atoms with Crippen LogP contribution in [0.3, 0.4) is 0 Å². The van der Waals surface area contributed by atoms with Gasteiger partial charge in [0.15, 0.2) is 0 Å². The van der Waals surface area contributed by atoms with Gasteiger partial charge in [-0.05, 0) is 50.5 Å². The van der Waals surface area contributed by atoms with Gasteiger partial charge in [0.1, 0.15) is 0 Å². The molecule has 1 N–H and O–H groups in total. The Bertz CT molecular complexity index is 356. The summed E-state index contributed by atoms with van der Waals surface area (Å²) in [7, 11) is 0. The summed E-state index contributed by atoms with van der Waals surface area (Å²) < 4.78 is 0. The fraction of sp³-hybridized carbons (Fsp3) is 0.417. The zero-order valence-corrected chi connectivity index (χ0v) is 9.27. The van der Waals surface area contributed by atoms with E-state index in [1.54, 1.807) is 0 Å². The van der Waals surface area contributed by atoms with Crippen molar-refractivity contribution in [3.8, 4) is 0 Å². The Balaban J connectivity index is 3.09. The Hall–Kier alpha value is -1.31. The molecule has 0 unspecified atom stereocenters. The number of carbonyl (C=O) groups is 1. The molecule has 1 aromatic rings. The monoisotopic (exact) mass is 191 g/mol. The molecule has 0 saturated carbocycles. The van der Waals surface area contributed by atoms with Gasteiger partial charge in [-0.2, -0.15) is 0 Å². The number of rotatable bonds is 2. The molecule has 2 heteroatoms. The minimum Gasteiger partial charge on any atom is -0.352 e. The molecule has 0 spiro atoms. The third-order valence-corrected chi connectivity index (χ3v) is 2.42. The molecule has 0 aromatic heterocycles. The molecule has 1 amide bonds. The summed E-state index contributed by atoms with van der Waals surface area (Å²) in [6.07, 6.45) is 0. The molecule has 0 fully saturated rings. The van der Waals surface area contributed by atoms with Crippen molar-refractivity contribution >= 4 is 5.91 Å². The Labute approximate surface area is 85.3 Å². The van der Waals surface area contributed by atoms with E-state index in [1.807, 2.05) is 26.8 Å². The highest BCUT2D eigenvalue weighted by molar-refractivity contribution is 5.95. The van der Waals surface area contributed by atoms with E-state index in [9.17, 15) is 4.79 Å². The predicted molar refractivity (Wildman–Crippen MR) is 58.7 cm³/mol. The molecule has 0 aliphatic heterocycles. The van der Waals surface area contributed by atoms with E-state index >= 15 is 0 Å². The Morgan fingerprint density at radius 2 is 1.71 bits per heavy atom. The molecule has 14 heavy (non-hydrogen) atoms. The van der Waals surface area contributed by atoms with Crippen molar-refractivity contribution in [3.63, 3.8) is 0 Å². The smallest absolute Gasteiger partial charge is 0.251 e. The van der Waals surface area contributed by atoms with Crippen LogP contribution in [-0.4, -0.2) is 12.5 Å². The number of hydrogen-bond acceptors (Lipinski definition) is 1. The van der Waals surface area contributed by atoms with Crippen LogP contribution in [0.4, 0.5) is 0 Å². The molecule has 1 rings (SSSR count). The standard InChI is InChI=1S/C12H17NO/c1-5-13-12(14)11-7-9(3)8(2)6-10(11)4/h6-7H,5H2,1-4H3,(H,13,14). The summed E-state index contributed by atoms with van der Waals surface area (Å²) in [5.74, 6) is 0.0214. The largest absolute Gasteiger partial charge is 0.352 e. The van der Waals surface area contributed by atoms with Gasteiger partial charge in [0.05, 0.1) is 0 Å². The number of carbonyl (C=O) groups excluding carboxylic acids is 1. The van der Waals surface area contributed by atoms with E-state index in [4.69, 9.17) is 0 Å². The summed E-state index contributed by atoms with van der Waals surface area (Å²) in [5, 5.41) is 2.81. The molecule has 0 radical (unpaired) electrons. The SMILES string of the molecule is CCNC(=O)c1cc(C)c(C)cc1C. The molecule has 0 aliphatic carbocycles. The lowest BCUT2D eigenvalue weighted by Crippen LogP contribution is -2.23. The zero-order valence-electron chi connectivity index (χ0n) is 9.27. The average Bonchev–Trinajstić information content (AvgIpc) is 2.11. The van der Waals surface area contributed by atoms with Crippen LogP contribution in [0.1, 0.15) is 34.0 Å². The van der Waals surface area contributed by atoms with Gasteiger partial charge in [0, 0.05) is 12.1 Å². The molecule has 0 bridgehead atoms. The van der Waals surface area contributed by atoms with Gasteiger partial charge in [0.2, 0.25) is 0 Å². The maximum absolute atomic E-state index is 11.6. The van der Waals surface area contributed by atoms with Gasteiger partial charge >= 0.3 is 0 Å². The Morgan fingerprint density at radius 3 is 2.29 bits per heavy atom. The van der Waals surface area contributed by atoms with Gasteiger partial charge in [-0.3, -0.25) is 4.79 Å². The molecule has 2 nitrogen and oxygen atoms in total. The van der Waals surface area contributed by atoms with Crippen LogP contribution in [0.25, 0.3) is 0 Å². The minimum absolute atomic E-state index is 0.0214. The van der Waals surface area contributed by atoms with Gasteiger partial charge < -0.3 is 5.32 Å². The number of aryl methyl sites for hydroxylation is 3. The summed E-state index contributed by atoms with van der Waals surface area (Å²) in [5.41, 5.74) is 4.22.